The summed E-state index contributed by atoms with van der Waals surface area (Å²) in [6, 6.07) is 6.29. The first-order chi connectivity index (χ1) is 17.9. The molecular weight excluding hydrogens is 486 g/mol. The first-order valence-electron chi connectivity index (χ1n) is 14.3. The van der Waals surface area contributed by atoms with E-state index in [1.165, 1.54) is 24.8 Å². The molecule has 4 heterocycles. The van der Waals surface area contributed by atoms with Crippen molar-refractivity contribution in [1.82, 2.24) is 9.88 Å². The Labute approximate surface area is 224 Å². The molecule has 3 unspecified atom stereocenters. The van der Waals surface area contributed by atoms with Crippen LogP contribution in [-0.2, 0) is 14.3 Å². The summed E-state index contributed by atoms with van der Waals surface area (Å²) in [5.41, 5.74) is 1.56. The number of aromatic nitrogens is 1. The maximum Gasteiger partial charge on any atom is 0.229 e. The van der Waals surface area contributed by atoms with Crippen molar-refractivity contribution in [3.63, 3.8) is 0 Å². The molecule has 3 atom stereocenters. The van der Waals surface area contributed by atoms with E-state index in [4.69, 9.17) is 21.1 Å². The molecule has 2 aliphatic carbocycles. The topological polar surface area (TPSA) is 63.7 Å². The lowest BCUT2D eigenvalue weighted by atomic mass is 9.85. The third-order valence-electron chi connectivity index (χ3n) is 10.2. The van der Waals surface area contributed by atoms with Crippen molar-refractivity contribution < 1.29 is 14.3 Å². The summed E-state index contributed by atoms with van der Waals surface area (Å²) >= 11 is 6.80. The Hall–Kier alpha value is -1.73. The number of carbonyl (C=O) groups excluding carboxylic acids is 1. The Morgan fingerprint density at radius 2 is 1.86 bits per heavy atom. The highest BCUT2D eigenvalue weighted by Gasteiger charge is 2.58. The Morgan fingerprint density at radius 3 is 2.62 bits per heavy atom. The van der Waals surface area contributed by atoms with Crippen LogP contribution in [0.3, 0.4) is 0 Å². The number of piperidine rings is 1. The van der Waals surface area contributed by atoms with Gasteiger partial charge < -0.3 is 14.8 Å². The molecule has 5 fully saturated rings. The predicted molar refractivity (Wildman–Crippen MR) is 145 cm³/mol. The van der Waals surface area contributed by atoms with Gasteiger partial charge in [0.2, 0.25) is 5.91 Å². The SMILES string of the molecule is CC1(N2CCC(c3cc4cc(NC(=O)C5CC56CCOCC6)ncc4cc3Cl)CC2)COC(C2CC2)C1. The van der Waals surface area contributed by atoms with E-state index in [9.17, 15) is 4.79 Å². The lowest BCUT2D eigenvalue weighted by Crippen LogP contribution is -2.50. The van der Waals surface area contributed by atoms with Crippen molar-refractivity contribution in [3.05, 3.63) is 35.0 Å². The van der Waals surface area contributed by atoms with Crippen LogP contribution in [-0.4, -0.2) is 60.3 Å². The number of hydrogen-bond acceptors (Lipinski definition) is 5. The van der Waals surface area contributed by atoms with Crippen molar-refractivity contribution in [1.29, 1.82) is 0 Å². The number of nitrogens with zero attached hydrogens (tertiary/aromatic N) is 2. The van der Waals surface area contributed by atoms with Gasteiger partial charge in [0.25, 0.3) is 0 Å². The minimum Gasteiger partial charge on any atom is -0.381 e. The van der Waals surface area contributed by atoms with Gasteiger partial charge in [0, 0.05) is 41.3 Å². The van der Waals surface area contributed by atoms with Gasteiger partial charge in [0.1, 0.15) is 5.82 Å². The second kappa shape index (κ2) is 9.18. The van der Waals surface area contributed by atoms with Crippen molar-refractivity contribution in [3.8, 4) is 0 Å². The summed E-state index contributed by atoms with van der Waals surface area (Å²) in [5, 5.41) is 6.03. The highest BCUT2D eigenvalue weighted by Crippen LogP contribution is 2.59. The van der Waals surface area contributed by atoms with Crippen LogP contribution in [0.5, 0.6) is 0 Å². The quantitative estimate of drug-likeness (QED) is 0.538. The molecule has 5 aliphatic rings. The first-order valence-corrected chi connectivity index (χ1v) is 14.6. The second-order valence-corrected chi connectivity index (χ2v) is 13.1. The maximum atomic E-state index is 13.0. The van der Waals surface area contributed by atoms with E-state index in [0.717, 1.165) is 86.7 Å². The van der Waals surface area contributed by atoms with E-state index in [0.29, 0.717) is 17.8 Å². The van der Waals surface area contributed by atoms with Gasteiger partial charge in [-0.05, 0) is 118 Å². The predicted octanol–water partition coefficient (Wildman–Crippen LogP) is 5.78. The number of amides is 1. The number of hydrogen-bond donors (Lipinski definition) is 1. The van der Waals surface area contributed by atoms with Gasteiger partial charge in [-0.15, -0.1) is 0 Å². The third kappa shape index (κ3) is 4.58. The molecule has 1 aromatic heterocycles. The average molecular weight is 524 g/mol. The summed E-state index contributed by atoms with van der Waals surface area (Å²) in [7, 11) is 0. The van der Waals surface area contributed by atoms with Crippen molar-refractivity contribution in [2.75, 3.05) is 38.2 Å². The van der Waals surface area contributed by atoms with Crippen molar-refractivity contribution in [2.45, 2.75) is 75.9 Å². The van der Waals surface area contributed by atoms with Crippen LogP contribution < -0.4 is 5.32 Å². The first kappa shape index (κ1) is 24.3. The fourth-order valence-corrected chi connectivity index (χ4v) is 7.71. The van der Waals surface area contributed by atoms with Crippen LogP contribution in [0.4, 0.5) is 5.82 Å². The summed E-state index contributed by atoms with van der Waals surface area (Å²) in [4.78, 5) is 20.1. The molecule has 198 valence electrons. The summed E-state index contributed by atoms with van der Waals surface area (Å²) in [5.74, 6) is 2.08. The molecule has 1 amide bonds. The van der Waals surface area contributed by atoms with E-state index in [1.54, 1.807) is 0 Å². The zero-order valence-electron chi connectivity index (χ0n) is 21.8. The van der Waals surface area contributed by atoms with E-state index in [2.05, 4.69) is 28.2 Å². The van der Waals surface area contributed by atoms with Crippen LogP contribution in [0.15, 0.2) is 24.4 Å². The Bertz CT molecular complexity index is 1200. The number of pyridine rings is 1. The van der Waals surface area contributed by atoms with Crippen molar-refractivity contribution >= 4 is 34.1 Å². The molecule has 0 bridgehead atoms. The largest absolute Gasteiger partial charge is 0.381 e. The molecule has 7 rings (SSSR count). The van der Waals surface area contributed by atoms with Crippen LogP contribution in [0.1, 0.15) is 69.8 Å². The number of likely N-dealkylation sites (tertiary alicyclic amines) is 1. The fourth-order valence-electron chi connectivity index (χ4n) is 7.39. The van der Waals surface area contributed by atoms with Crippen LogP contribution in [0.25, 0.3) is 10.8 Å². The van der Waals surface area contributed by atoms with E-state index >= 15 is 0 Å². The van der Waals surface area contributed by atoms with Crippen molar-refractivity contribution in [2.24, 2.45) is 17.3 Å². The molecule has 1 N–H and O–H groups in total. The van der Waals surface area contributed by atoms with E-state index in [-0.39, 0.29) is 22.8 Å². The fraction of sp³-hybridized carbons (Fsp3) is 0.667. The lowest BCUT2D eigenvalue weighted by Gasteiger charge is -2.42. The van der Waals surface area contributed by atoms with Gasteiger partial charge in [-0.25, -0.2) is 4.98 Å². The number of benzene rings is 1. The zero-order valence-corrected chi connectivity index (χ0v) is 22.6. The molecule has 0 radical (unpaired) electrons. The highest BCUT2D eigenvalue weighted by molar-refractivity contribution is 6.32. The van der Waals surface area contributed by atoms with Gasteiger partial charge >= 0.3 is 0 Å². The Morgan fingerprint density at radius 1 is 1.08 bits per heavy atom. The minimum absolute atomic E-state index is 0.0894. The summed E-state index contributed by atoms with van der Waals surface area (Å²) in [6.07, 6.45) is 11.3. The number of carbonyl (C=O) groups is 1. The lowest BCUT2D eigenvalue weighted by molar-refractivity contribution is -0.118. The van der Waals surface area contributed by atoms with Gasteiger partial charge in [-0.1, -0.05) is 11.6 Å². The van der Waals surface area contributed by atoms with Gasteiger partial charge in [0.15, 0.2) is 0 Å². The second-order valence-electron chi connectivity index (χ2n) is 12.7. The van der Waals surface area contributed by atoms with Crippen LogP contribution in [0, 0.1) is 17.3 Å². The number of fused-ring (bicyclic) bond motifs is 1. The number of halogens is 1. The number of anilines is 1. The van der Waals surface area contributed by atoms with Gasteiger partial charge in [-0.3, -0.25) is 9.69 Å². The molecule has 1 spiro atoms. The molecule has 3 aliphatic heterocycles. The molecule has 3 saturated heterocycles. The van der Waals surface area contributed by atoms with E-state index < -0.39 is 0 Å². The molecule has 2 saturated carbocycles. The minimum atomic E-state index is 0.0894. The number of nitrogens with one attached hydrogen (secondary N) is 1. The Kier molecular flexibility index (Phi) is 6.04. The van der Waals surface area contributed by atoms with Gasteiger partial charge in [-0.2, -0.15) is 0 Å². The third-order valence-corrected chi connectivity index (χ3v) is 10.5. The average Bonchev–Trinajstić information content (AvgIpc) is 3.83. The number of rotatable bonds is 5. The molecule has 1 aromatic carbocycles. The monoisotopic (exact) mass is 523 g/mol. The maximum absolute atomic E-state index is 13.0. The summed E-state index contributed by atoms with van der Waals surface area (Å²) < 4.78 is 11.7. The summed E-state index contributed by atoms with van der Waals surface area (Å²) in [6.45, 7) is 6.98. The van der Waals surface area contributed by atoms with Crippen LogP contribution >= 0.6 is 11.6 Å². The molecule has 2 aromatic rings. The normalized spacial score (nSPS) is 32.2. The molecule has 6 nitrogen and oxygen atoms in total. The standard InChI is InChI=1S/C30H38ClN3O3/c1-29(16-26(37-18-29)20-2-3-20)34-8-4-19(5-9-34)23-12-21-14-27(32-17-22(21)13-25(23)31)33-28(35)24-15-30(24)6-10-36-11-7-30/h12-14,17,19-20,24,26H,2-11,15-16,18H2,1H3,(H,32,33,35). The smallest absolute Gasteiger partial charge is 0.229 e. The molecule has 7 heteroatoms. The van der Waals surface area contributed by atoms with E-state index in [1.807, 2.05) is 18.3 Å². The van der Waals surface area contributed by atoms with Crippen LogP contribution in [0.2, 0.25) is 5.02 Å². The Balaban J connectivity index is 1.02. The zero-order chi connectivity index (χ0) is 25.2. The molecule has 37 heavy (non-hydrogen) atoms. The molecular formula is C30H38ClN3O3. The number of ether oxygens (including phenoxy) is 2. The highest BCUT2D eigenvalue weighted by atomic mass is 35.5. The van der Waals surface area contributed by atoms with Gasteiger partial charge in [0.05, 0.1) is 12.7 Å².